The molecule has 1 aromatic rings. The number of hydrogen-bond acceptors (Lipinski definition) is 4. The van der Waals surface area contributed by atoms with Crippen molar-refractivity contribution in [2.75, 3.05) is 18.8 Å². The summed E-state index contributed by atoms with van der Waals surface area (Å²) >= 11 is 0. The standard InChI is InChI=1S/C16H22N2O4S/c1-12-4-6-14(7-5-12)23(21,22)10-8-15(19)18-9-2-3-13(11-18)16(17)20/h4-7,13H,2-3,8-11H2,1H3,(H2,17,20)/t13-/m1/s1. The summed E-state index contributed by atoms with van der Waals surface area (Å²) in [4.78, 5) is 25.2. The van der Waals surface area contributed by atoms with E-state index in [1.165, 1.54) is 0 Å². The number of carbonyl (C=O) groups is 2. The number of carbonyl (C=O) groups excluding carboxylic acids is 2. The first kappa shape index (κ1) is 17.5. The highest BCUT2D eigenvalue weighted by Gasteiger charge is 2.27. The smallest absolute Gasteiger partial charge is 0.223 e. The van der Waals surface area contributed by atoms with E-state index in [4.69, 9.17) is 5.73 Å². The van der Waals surface area contributed by atoms with E-state index in [0.29, 0.717) is 25.9 Å². The molecule has 1 saturated heterocycles. The van der Waals surface area contributed by atoms with Crippen molar-refractivity contribution in [3.05, 3.63) is 29.8 Å². The van der Waals surface area contributed by atoms with Crippen molar-refractivity contribution >= 4 is 21.7 Å². The first-order valence-electron chi connectivity index (χ1n) is 7.66. The first-order chi connectivity index (χ1) is 10.8. The van der Waals surface area contributed by atoms with Crippen LogP contribution in [0.1, 0.15) is 24.8 Å². The zero-order valence-electron chi connectivity index (χ0n) is 13.2. The highest BCUT2D eigenvalue weighted by atomic mass is 32.2. The maximum atomic E-state index is 12.3. The number of nitrogens with two attached hydrogens (primary N) is 1. The third-order valence-corrected chi connectivity index (χ3v) is 5.87. The van der Waals surface area contributed by atoms with Crippen LogP contribution in [0.2, 0.25) is 0 Å². The van der Waals surface area contributed by atoms with E-state index >= 15 is 0 Å². The van der Waals surface area contributed by atoms with Crippen LogP contribution in [-0.4, -0.2) is 44.0 Å². The summed E-state index contributed by atoms with van der Waals surface area (Å²) in [5.41, 5.74) is 6.27. The van der Waals surface area contributed by atoms with E-state index in [1.807, 2.05) is 6.92 Å². The number of benzene rings is 1. The fourth-order valence-corrected chi connectivity index (χ4v) is 3.91. The Bertz CT molecular complexity index is 683. The number of likely N-dealkylation sites (tertiary alicyclic amines) is 1. The molecule has 23 heavy (non-hydrogen) atoms. The Morgan fingerprint density at radius 2 is 1.91 bits per heavy atom. The lowest BCUT2D eigenvalue weighted by Crippen LogP contribution is -2.44. The lowest BCUT2D eigenvalue weighted by molar-refractivity contribution is -0.134. The highest BCUT2D eigenvalue weighted by molar-refractivity contribution is 7.91. The van der Waals surface area contributed by atoms with Crippen LogP contribution in [0.3, 0.4) is 0 Å². The second-order valence-corrected chi connectivity index (χ2v) is 8.07. The lowest BCUT2D eigenvalue weighted by atomic mass is 9.97. The van der Waals surface area contributed by atoms with Crippen LogP contribution in [0, 0.1) is 12.8 Å². The average Bonchev–Trinajstić information content (AvgIpc) is 2.53. The van der Waals surface area contributed by atoms with E-state index in [2.05, 4.69) is 0 Å². The van der Waals surface area contributed by atoms with Gasteiger partial charge >= 0.3 is 0 Å². The summed E-state index contributed by atoms with van der Waals surface area (Å²) in [5, 5.41) is 0. The fraction of sp³-hybridized carbons (Fsp3) is 0.500. The van der Waals surface area contributed by atoms with Crippen molar-refractivity contribution in [1.29, 1.82) is 0 Å². The Labute approximate surface area is 136 Å². The molecule has 0 aliphatic carbocycles. The SMILES string of the molecule is Cc1ccc(S(=O)(=O)CCC(=O)N2CCC[C@@H](C(N)=O)C2)cc1. The molecule has 1 heterocycles. The minimum absolute atomic E-state index is 0.0817. The van der Waals surface area contributed by atoms with Crippen molar-refractivity contribution in [2.45, 2.75) is 31.1 Å². The van der Waals surface area contributed by atoms with Crippen molar-refractivity contribution < 1.29 is 18.0 Å². The topological polar surface area (TPSA) is 97.5 Å². The van der Waals surface area contributed by atoms with Crippen LogP contribution in [0.5, 0.6) is 0 Å². The number of nitrogens with zero attached hydrogens (tertiary/aromatic N) is 1. The van der Waals surface area contributed by atoms with Gasteiger partial charge < -0.3 is 10.6 Å². The van der Waals surface area contributed by atoms with Crippen LogP contribution in [0.25, 0.3) is 0 Å². The Balaban J connectivity index is 1.95. The number of aryl methyl sites for hydroxylation is 1. The zero-order chi connectivity index (χ0) is 17.0. The van der Waals surface area contributed by atoms with Gasteiger partial charge in [-0.2, -0.15) is 0 Å². The van der Waals surface area contributed by atoms with Gasteiger partial charge in [-0.1, -0.05) is 17.7 Å². The molecule has 2 amide bonds. The van der Waals surface area contributed by atoms with Crippen molar-refractivity contribution in [3.8, 4) is 0 Å². The number of amides is 2. The molecule has 2 N–H and O–H groups in total. The normalized spacial score (nSPS) is 18.7. The van der Waals surface area contributed by atoms with Gasteiger partial charge in [-0.05, 0) is 31.9 Å². The van der Waals surface area contributed by atoms with Crippen LogP contribution in [0.4, 0.5) is 0 Å². The predicted molar refractivity (Wildman–Crippen MR) is 86.3 cm³/mol. The molecule has 1 aromatic carbocycles. The molecule has 1 aliphatic heterocycles. The molecule has 0 spiro atoms. The second-order valence-electron chi connectivity index (χ2n) is 5.96. The predicted octanol–water partition coefficient (Wildman–Crippen LogP) is 0.883. The monoisotopic (exact) mass is 338 g/mol. The van der Waals surface area contributed by atoms with Crippen molar-refractivity contribution in [1.82, 2.24) is 4.90 Å². The van der Waals surface area contributed by atoms with Crippen LogP contribution in [0.15, 0.2) is 29.2 Å². The summed E-state index contributed by atoms with van der Waals surface area (Å²) in [6.45, 7) is 2.72. The first-order valence-corrected chi connectivity index (χ1v) is 9.31. The third-order valence-electron chi connectivity index (χ3n) is 4.14. The molecule has 0 aromatic heterocycles. The van der Waals surface area contributed by atoms with Gasteiger partial charge in [-0.25, -0.2) is 8.42 Å². The maximum absolute atomic E-state index is 12.3. The summed E-state index contributed by atoms with van der Waals surface area (Å²) < 4.78 is 24.5. The zero-order valence-corrected chi connectivity index (χ0v) is 14.0. The van der Waals surface area contributed by atoms with E-state index in [9.17, 15) is 18.0 Å². The van der Waals surface area contributed by atoms with Gasteiger partial charge in [0.05, 0.1) is 16.6 Å². The van der Waals surface area contributed by atoms with E-state index in [-0.39, 0.29) is 28.9 Å². The van der Waals surface area contributed by atoms with Crippen LogP contribution < -0.4 is 5.73 Å². The summed E-state index contributed by atoms with van der Waals surface area (Å²) in [7, 11) is -3.48. The molecule has 0 unspecified atom stereocenters. The van der Waals surface area contributed by atoms with Gasteiger partial charge in [-0.15, -0.1) is 0 Å². The molecule has 6 nitrogen and oxygen atoms in total. The highest BCUT2D eigenvalue weighted by Crippen LogP contribution is 2.18. The van der Waals surface area contributed by atoms with Gasteiger partial charge in [0.2, 0.25) is 11.8 Å². The fourth-order valence-electron chi connectivity index (χ4n) is 2.68. The second kappa shape index (κ2) is 7.12. The number of piperidine rings is 1. The summed E-state index contributed by atoms with van der Waals surface area (Å²) in [6, 6.07) is 6.58. The van der Waals surface area contributed by atoms with Crippen molar-refractivity contribution in [3.63, 3.8) is 0 Å². The van der Waals surface area contributed by atoms with Gasteiger partial charge in [-0.3, -0.25) is 9.59 Å². The van der Waals surface area contributed by atoms with Crippen molar-refractivity contribution in [2.24, 2.45) is 11.7 Å². The molecule has 0 bridgehead atoms. The average molecular weight is 338 g/mol. The number of primary amides is 1. The van der Waals surface area contributed by atoms with Gasteiger partial charge in [0.25, 0.3) is 0 Å². The Morgan fingerprint density at radius 3 is 2.52 bits per heavy atom. The Kier molecular flexibility index (Phi) is 5.41. The molecule has 126 valence electrons. The molecular weight excluding hydrogens is 316 g/mol. The Hall–Kier alpha value is -1.89. The molecule has 1 atom stereocenters. The number of rotatable bonds is 5. The van der Waals surface area contributed by atoms with Gasteiger partial charge in [0.15, 0.2) is 9.84 Å². The number of hydrogen-bond donors (Lipinski definition) is 1. The molecule has 0 radical (unpaired) electrons. The molecular formula is C16H22N2O4S. The van der Waals surface area contributed by atoms with E-state index in [0.717, 1.165) is 5.56 Å². The van der Waals surface area contributed by atoms with Crippen LogP contribution in [-0.2, 0) is 19.4 Å². The van der Waals surface area contributed by atoms with Gasteiger partial charge in [0.1, 0.15) is 0 Å². The minimum atomic E-state index is -3.48. The third kappa shape index (κ3) is 4.54. The van der Waals surface area contributed by atoms with E-state index < -0.39 is 15.7 Å². The maximum Gasteiger partial charge on any atom is 0.223 e. The summed E-state index contributed by atoms with van der Waals surface area (Å²) in [5.74, 6) is -1.21. The number of sulfone groups is 1. The molecule has 7 heteroatoms. The quantitative estimate of drug-likeness (QED) is 0.862. The lowest BCUT2D eigenvalue weighted by Gasteiger charge is -2.31. The van der Waals surface area contributed by atoms with E-state index in [1.54, 1.807) is 29.2 Å². The molecule has 1 fully saturated rings. The molecule has 0 saturated carbocycles. The van der Waals surface area contributed by atoms with Gasteiger partial charge in [0, 0.05) is 19.5 Å². The minimum Gasteiger partial charge on any atom is -0.369 e. The Morgan fingerprint density at radius 1 is 1.26 bits per heavy atom. The van der Waals surface area contributed by atoms with Crippen LogP contribution >= 0.6 is 0 Å². The largest absolute Gasteiger partial charge is 0.369 e. The molecule has 2 rings (SSSR count). The molecule has 1 aliphatic rings. The summed E-state index contributed by atoms with van der Waals surface area (Å²) in [6.07, 6.45) is 1.31.